The number of carboxylic acid groups (broad SMARTS) is 1. The monoisotopic (exact) mass is 166 g/mol. The summed E-state index contributed by atoms with van der Waals surface area (Å²) in [4.78, 5) is 10.6. The van der Waals surface area contributed by atoms with Crippen molar-refractivity contribution in [3.63, 3.8) is 0 Å². The molecule has 1 aliphatic carbocycles. The van der Waals surface area contributed by atoms with Gasteiger partial charge in [-0.15, -0.1) is 12.3 Å². The largest absolute Gasteiger partial charge is 0.481 e. The third-order valence-electron chi connectivity index (χ3n) is 2.60. The Labute approximate surface area is 73.0 Å². The third-order valence-corrected chi connectivity index (χ3v) is 2.60. The molecule has 12 heavy (non-hydrogen) atoms. The smallest absolute Gasteiger partial charge is 0.306 e. The fourth-order valence-corrected chi connectivity index (χ4v) is 1.78. The maximum atomic E-state index is 10.6. The van der Waals surface area contributed by atoms with Gasteiger partial charge >= 0.3 is 5.97 Å². The Morgan fingerprint density at radius 3 is 2.42 bits per heavy atom. The van der Waals surface area contributed by atoms with Gasteiger partial charge in [-0.05, 0) is 31.6 Å². The van der Waals surface area contributed by atoms with E-state index in [4.69, 9.17) is 11.5 Å². The molecule has 1 rings (SSSR count). The Kier molecular flexibility index (Phi) is 3.16. The predicted octanol–water partition coefficient (Wildman–Crippen LogP) is 1.90. The van der Waals surface area contributed by atoms with Crippen LogP contribution in [0.3, 0.4) is 0 Å². The molecule has 0 saturated heterocycles. The van der Waals surface area contributed by atoms with Crippen LogP contribution in [0, 0.1) is 24.2 Å². The maximum absolute atomic E-state index is 10.6. The van der Waals surface area contributed by atoms with E-state index in [1.807, 2.05) is 0 Å². The van der Waals surface area contributed by atoms with E-state index in [1.54, 1.807) is 0 Å². The molecule has 0 bridgehead atoms. The van der Waals surface area contributed by atoms with Gasteiger partial charge in [-0.1, -0.05) is 0 Å². The van der Waals surface area contributed by atoms with Crippen LogP contribution in [0.2, 0.25) is 0 Å². The van der Waals surface area contributed by atoms with E-state index in [9.17, 15) is 4.79 Å². The highest BCUT2D eigenvalue weighted by Gasteiger charge is 2.24. The molecule has 2 heteroatoms. The van der Waals surface area contributed by atoms with Gasteiger partial charge in [-0.25, -0.2) is 0 Å². The average Bonchev–Trinajstić information content (AvgIpc) is 2.06. The summed E-state index contributed by atoms with van der Waals surface area (Å²) in [5.41, 5.74) is 0. The van der Waals surface area contributed by atoms with Crippen LogP contribution in [-0.2, 0) is 4.79 Å². The lowest BCUT2D eigenvalue weighted by Gasteiger charge is -2.24. The van der Waals surface area contributed by atoms with Crippen molar-refractivity contribution in [2.45, 2.75) is 32.1 Å². The van der Waals surface area contributed by atoms with Crippen LogP contribution in [0.1, 0.15) is 32.1 Å². The molecule has 1 saturated carbocycles. The molecule has 0 aromatic rings. The molecule has 2 nitrogen and oxygen atoms in total. The van der Waals surface area contributed by atoms with Gasteiger partial charge in [0.2, 0.25) is 0 Å². The Balaban J connectivity index is 2.30. The van der Waals surface area contributed by atoms with Gasteiger partial charge in [0.05, 0.1) is 5.92 Å². The highest BCUT2D eigenvalue weighted by atomic mass is 16.4. The molecule has 0 aromatic carbocycles. The van der Waals surface area contributed by atoms with E-state index < -0.39 is 5.97 Å². The number of carboxylic acids is 1. The summed E-state index contributed by atoms with van der Waals surface area (Å²) in [6.07, 6.45) is 9.59. The summed E-state index contributed by atoms with van der Waals surface area (Å²) in [5.74, 6) is 2.45. The molecule has 0 heterocycles. The van der Waals surface area contributed by atoms with Crippen LogP contribution in [0.5, 0.6) is 0 Å². The van der Waals surface area contributed by atoms with Crippen LogP contribution in [0.25, 0.3) is 0 Å². The van der Waals surface area contributed by atoms with Crippen molar-refractivity contribution >= 4 is 5.97 Å². The first-order valence-corrected chi connectivity index (χ1v) is 4.40. The lowest BCUT2D eigenvalue weighted by Crippen LogP contribution is -2.21. The highest BCUT2D eigenvalue weighted by Crippen LogP contribution is 2.30. The molecule has 1 fully saturated rings. The van der Waals surface area contributed by atoms with E-state index in [0.29, 0.717) is 5.92 Å². The molecule has 0 spiro atoms. The molecule has 0 aromatic heterocycles. The minimum Gasteiger partial charge on any atom is -0.481 e. The molecule has 0 atom stereocenters. The van der Waals surface area contributed by atoms with Gasteiger partial charge in [0.25, 0.3) is 0 Å². The quantitative estimate of drug-likeness (QED) is 0.636. The van der Waals surface area contributed by atoms with Crippen molar-refractivity contribution in [1.82, 2.24) is 0 Å². The molecule has 1 N–H and O–H groups in total. The van der Waals surface area contributed by atoms with Gasteiger partial charge < -0.3 is 5.11 Å². The fraction of sp³-hybridized carbons (Fsp3) is 0.700. The second kappa shape index (κ2) is 4.15. The van der Waals surface area contributed by atoms with Crippen molar-refractivity contribution < 1.29 is 9.90 Å². The van der Waals surface area contributed by atoms with E-state index in [2.05, 4.69) is 5.92 Å². The van der Waals surface area contributed by atoms with E-state index >= 15 is 0 Å². The zero-order valence-electron chi connectivity index (χ0n) is 7.12. The molecule has 0 radical (unpaired) electrons. The van der Waals surface area contributed by atoms with Crippen LogP contribution in [0.4, 0.5) is 0 Å². The van der Waals surface area contributed by atoms with E-state index in [0.717, 1.165) is 32.1 Å². The Bertz CT molecular complexity index is 194. The van der Waals surface area contributed by atoms with Crippen molar-refractivity contribution in [3.05, 3.63) is 0 Å². The lowest BCUT2D eigenvalue weighted by atomic mass is 9.81. The molecule has 0 unspecified atom stereocenters. The minimum atomic E-state index is -0.644. The molecule has 0 amide bonds. The minimum absolute atomic E-state index is 0.112. The Morgan fingerprint density at radius 1 is 1.42 bits per heavy atom. The van der Waals surface area contributed by atoms with Gasteiger partial charge in [0.15, 0.2) is 0 Å². The summed E-state index contributed by atoms with van der Waals surface area (Å²) < 4.78 is 0. The van der Waals surface area contributed by atoms with Gasteiger partial charge in [0, 0.05) is 6.42 Å². The van der Waals surface area contributed by atoms with Crippen molar-refractivity contribution in [1.29, 1.82) is 0 Å². The van der Waals surface area contributed by atoms with Crippen LogP contribution in [0.15, 0.2) is 0 Å². The second-order valence-corrected chi connectivity index (χ2v) is 3.46. The third kappa shape index (κ3) is 2.27. The Morgan fingerprint density at radius 2 is 2.00 bits per heavy atom. The summed E-state index contributed by atoms with van der Waals surface area (Å²) in [5, 5.41) is 8.71. The van der Waals surface area contributed by atoms with Crippen molar-refractivity contribution in [3.8, 4) is 12.3 Å². The number of terminal acetylenes is 1. The van der Waals surface area contributed by atoms with Gasteiger partial charge in [-0.3, -0.25) is 4.79 Å². The van der Waals surface area contributed by atoms with Crippen LogP contribution in [-0.4, -0.2) is 11.1 Å². The van der Waals surface area contributed by atoms with Crippen molar-refractivity contribution in [2.75, 3.05) is 0 Å². The first kappa shape index (κ1) is 9.12. The zero-order chi connectivity index (χ0) is 8.97. The molecule has 66 valence electrons. The first-order valence-electron chi connectivity index (χ1n) is 4.40. The molecular formula is C10H14O2. The number of rotatable bonds is 2. The molecular weight excluding hydrogens is 152 g/mol. The number of hydrogen-bond acceptors (Lipinski definition) is 1. The van der Waals surface area contributed by atoms with Crippen LogP contribution < -0.4 is 0 Å². The highest BCUT2D eigenvalue weighted by molar-refractivity contribution is 5.69. The standard InChI is InChI=1S/C10H14O2/c1-2-3-8-4-6-9(7-5-8)10(11)12/h1,8-9H,3-7H2,(H,11,12). The summed E-state index contributed by atoms with van der Waals surface area (Å²) in [7, 11) is 0. The second-order valence-electron chi connectivity index (χ2n) is 3.46. The summed E-state index contributed by atoms with van der Waals surface area (Å²) in [6, 6.07) is 0. The van der Waals surface area contributed by atoms with Crippen molar-refractivity contribution in [2.24, 2.45) is 11.8 Å². The van der Waals surface area contributed by atoms with Gasteiger partial charge in [0.1, 0.15) is 0 Å². The van der Waals surface area contributed by atoms with E-state index in [1.165, 1.54) is 0 Å². The number of aliphatic carboxylic acids is 1. The molecule has 1 aliphatic rings. The number of carbonyl (C=O) groups is 1. The summed E-state index contributed by atoms with van der Waals surface area (Å²) >= 11 is 0. The summed E-state index contributed by atoms with van der Waals surface area (Å²) in [6.45, 7) is 0. The zero-order valence-corrected chi connectivity index (χ0v) is 7.12. The topological polar surface area (TPSA) is 37.3 Å². The first-order chi connectivity index (χ1) is 5.74. The molecule has 0 aliphatic heterocycles. The predicted molar refractivity (Wildman–Crippen MR) is 46.5 cm³/mol. The Hall–Kier alpha value is -0.970. The fourth-order valence-electron chi connectivity index (χ4n) is 1.78. The number of hydrogen-bond donors (Lipinski definition) is 1. The maximum Gasteiger partial charge on any atom is 0.306 e. The van der Waals surface area contributed by atoms with Crippen LogP contribution >= 0.6 is 0 Å². The van der Waals surface area contributed by atoms with E-state index in [-0.39, 0.29) is 5.92 Å². The SMILES string of the molecule is C#CCC1CCC(C(=O)O)CC1. The average molecular weight is 166 g/mol. The van der Waals surface area contributed by atoms with Gasteiger partial charge in [-0.2, -0.15) is 0 Å². The normalized spacial score (nSPS) is 29.2. The lowest BCUT2D eigenvalue weighted by molar-refractivity contribution is -0.143.